The Kier molecular flexibility index (Phi) is 3.19. The maximum atomic E-state index is 13.2. The molecule has 2 heterocycles. The molecule has 0 aliphatic carbocycles. The van der Waals surface area contributed by atoms with Gasteiger partial charge < -0.3 is 0 Å². The highest BCUT2D eigenvalue weighted by Crippen LogP contribution is 2.26. The molecule has 4 heteroatoms. The van der Waals surface area contributed by atoms with Gasteiger partial charge in [-0.3, -0.25) is 10.00 Å². The molecule has 0 bridgehead atoms. The normalized spacial score (nSPS) is 16.1. The maximum Gasteiger partial charge on any atom is 0.125 e. The van der Waals surface area contributed by atoms with E-state index in [0.717, 1.165) is 36.1 Å². The Morgan fingerprint density at radius 1 is 1.18 bits per heavy atom. The molecular weight excluding hydrogens is 277 g/mol. The Bertz CT molecular complexity index is 799. The van der Waals surface area contributed by atoms with Gasteiger partial charge in [-0.15, -0.1) is 0 Å². The van der Waals surface area contributed by atoms with Crippen LogP contribution in [0.2, 0.25) is 0 Å². The predicted octanol–water partition coefficient (Wildman–Crippen LogP) is 3.46. The number of nitrogens with one attached hydrogen (secondary N) is 1. The SMILES string of the molecule is [CH2]C(Cc1n[nH]c2cc(F)ccc12)N1Cc2ccccc2C1. The molecule has 2 aromatic carbocycles. The zero-order chi connectivity index (χ0) is 15.1. The van der Waals surface area contributed by atoms with Crippen molar-refractivity contribution in [3.8, 4) is 0 Å². The first-order chi connectivity index (χ1) is 10.7. The second-order valence-electron chi connectivity index (χ2n) is 5.89. The van der Waals surface area contributed by atoms with Gasteiger partial charge in [0.25, 0.3) is 0 Å². The smallest absolute Gasteiger partial charge is 0.125 e. The summed E-state index contributed by atoms with van der Waals surface area (Å²) in [7, 11) is 0. The molecule has 0 fully saturated rings. The van der Waals surface area contributed by atoms with E-state index in [4.69, 9.17) is 0 Å². The van der Waals surface area contributed by atoms with Crippen LogP contribution in [0.25, 0.3) is 10.9 Å². The average molecular weight is 294 g/mol. The Labute approximate surface area is 128 Å². The maximum absolute atomic E-state index is 13.2. The zero-order valence-corrected chi connectivity index (χ0v) is 12.2. The Balaban J connectivity index is 1.54. The van der Waals surface area contributed by atoms with E-state index in [1.54, 1.807) is 6.07 Å². The molecule has 1 atom stereocenters. The van der Waals surface area contributed by atoms with E-state index in [1.165, 1.54) is 23.3 Å². The summed E-state index contributed by atoms with van der Waals surface area (Å²) in [4.78, 5) is 2.36. The minimum absolute atomic E-state index is 0.143. The number of aromatic amines is 1. The van der Waals surface area contributed by atoms with Crippen molar-refractivity contribution in [2.24, 2.45) is 0 Å². The van der Waals surface area contributed by atoms with Crippen molar-refractivity contribution in [3.05, 3.63) is 72.0 Å². The topological polar surface area (TPSA) is 31.9 Å². The second kappa shape index (κ2) is 5.21. The quantitative estimate of drug-likeness (QED) is 0.802. The van der Waals surface area contributed by atoms with Crippen molar-refractivity contribution < 1.29 is 4.39 Å². The molecule has 0 amide bonds. The van der Waals surface area contributed by atoms with E-state index < -0.39 is 0 Å². The van der Waals surface area contributed by atoms with Gasteiger partial charge in [0.2, 0.25) is 0 Å². The van der Waals surface area contributed by atoms with E-state index in [2.05, 4.69) is 46.3 Å². The number of nitrogens with zero attached hydrogens (tertiary/aromatic N) is 2. The second-order valence-corrected chi connectivity index (χ2v) is 5.89. The van der Waals surface area contributed by atoms with Gasteiger partial charge in [0.05, 0.1) is 11.2 Å². The zero-order valence-electron chi connectivity index (χ0n) is 12.2. The van der Waals surface area contributed by atoms with Crippen LogP contribution in [0.5, 0.6) is 0 Å². The summed E-state index contributed by atoms with van der Waals surface area (Å²) >= 11 is 0. The monoisotopic (exact) mass is 294 g/mol. The van der Waals surface area contributed by atoms with Gasteiger partial charge in [0.1, 0.15) is 5.82 Å². The van der Waals surface area contributed by atoms with E-state index >= 15 is 0 Å². The van der Waals surface area contributed by atoms with Crippen LogP contribution in [0.4, 0.5) is 4.39 Å². The highest BCUT2D eigenvalue weighted by atomic mass is 19.1. The molecule has 3 nitrogen and oxygen atoms in total. The lowest BCUT2D eigenvalue weighted by Crippen LogP contribution is -2.30. The summed E-state index contributed by atoms with van der Waals surface area (Å²) in [5.74, 6) is -0.246. The van der Waals surface area contributed by atoms with Crippen molar-refractivity contribution in [1.82, 2.24) is 15.1 Å². The van der Waals surface area contributed by atoms with Crippen LogP contribution in [-0.2, 0) is 19.5 Å². The molecule has 111 valence electrons. The Morgan fingerprint density at radius 2 is 1.91 bits per heavy atom. The highest BCUT2D eigenvalue weighted by Gasteiger charge is 2.24. The number of rotatable bonds is 3. The first kappa shape index (κ1) is 13.5. The third kappa shape index (κ3) is 2.29. The first-order valence-corrected chi connectivity index (χ1v) is 7.47. The van der Waals surface area contributed by atoms with Gasteiger partial charge in [-0.05, 0) is 36.2 Å². The fourth-order valence-corrected chi connectivity index (χ4v) is 3.17. The summed E-state index contributed by atoms with van der Waals surface area (Å²) in [6, 6.07) is 13.4. The molecule has 1 radical (unpaired) electrons. The number of fused-ring (bicyclic) bond motifs is 2. The molecule has 1 unspecified atom stereocenters. The summed E-state index contributed by atoms with van der Waals surface area (Å²) in [6.07, 6.45) is 0.750. The minimum Gasteiger partial charge on any atom is -0.291 e. The van der Waals surface area contributed by atoms with Crippen molar-refractivity contribution in [2.45, 2.75) is 25.6 Å². The average Bonchev–Trinajstić information content (AvgIpc) is 3.11. The summed E-state index contributed by atoms with van der Waals surface area (Å²) in [5, 5.41) is 8.22. The van der Waals surface area contributed by atoms with Crippen molar-refractivity contribution in [1.29, 1.82) is 0 Å². The lowest BCUT2D eigenvalue weighted by molar-refractivity contribution is 0.230. The summed E-state index contributed by atoms with van der Waals surface area (Å²) < 4.78 is 13.2. The van der Waals surface area contributed by atoms with Crippen LogP contribution in [0.3, 0.4) is 0 Å². The third-order valence-electron chi connectivity index (χ3n) is 4.41. The summed E-state index contributed by atoms with van der Waals surface area (Å²) in [5.41, 5.74) is 4.45. The van der Waals surface area contributed by atoms with Gasteiger partial charge in [-0.25, -0.2) is 4.39 Å². The minimum atomic E-state index is -0.246. The fourth-order valence-electron chi connectivity index (χ4n) is 3.17. The van der Waals surface area contributed by atoms with Gasteiger partial charge in [-0.2, -0.15) is 5.10 Å². The highest BCUT2D eigenvalue weighted by molar-refractivity contribution is 5.81. The molecule has 1 aliphatic heterocycles. The molecular formula is C18H17FN3. The molecule has 1 N–H and O–H groups in total. The molecule has 1 aromatic heterocycles. The molecule has 3 aromatic rings. The van der Waals surface area contributed by atoms with Crippen LogP contribution in [0, 0.1) is 12.7 Å². The lowest BCUT2D eigenvalue weighted by atomic mass is 10.1. The van der Waals surface area contributed by atoms with E-state index in [1.807, 2.05) is 0 Å². The van der Waals surface area contributed by atoms with Crippen LogP contribution in [0.15, 0.2) is 42.5 Å². The molecule has 0 saturated heterocycles. The lowest BCUT2D eigenvalue weighted by Gasteiger charge is -2.23. The van der Waals surface area contributed by atoms with Crippen molar-refractivity contribution in [2.75, 3.05) is 0 Å². The fraction of sp³-hybridized carbons (Fsp3) is 0.222. The van der Waals surface area contributed by atoms with Crippen molar-refractivity contribution >= 4 is 10.9 Å². The molecule has 22 heavy (non-hydrogen) atoms. The van der Waals surface area contributed by atoms with Gasteiger partial charge in [0, 0.05) is 30.9 Å². The molecule has 4 rings (SSSR count). The number of benzene rings is 2. The summed E-state index contributed by atoms with van der Waals surface area (Å²) in [6.45, 7) is 6.16. The third-order valence-corrected chi connectivity index (χ3v) is 4.41. The Morgan fingerprint density at radius 3 is 2.64 bits per heavy atom. The number of hydrogen-bond acceptors (Lipinski definition) is 2. The number of hydrogen-bond donors (Lipinski definition) is 1. The molecule has 0 saturated carbocycles. The van der Waals surface area contributed by atoms with Gasteiger partial charge in [0.15, 0.2) is 0 Å². The number of halogens is 1. The van der Waals surface area contributed by atoms with Crippen LogP contribution < -0.4 is 0 Å². The van der Waals surface area contributed by atoms with Crippen LogP contribution in [0.1, 0.15) is 16.8 Å². The van der Waals surface area contributed by atoms with Crippen LogP contribution >= 0.6 is 0 Å². The molecule has 0 spiro atoms. The number of H-pyrrole nitrogens is 1. The Hall–Kier alpha value is -2.20. The molecule has 1 aliphatic rings. The van der Waals surface area contributed by atoms with Gasteiger partial charge >= 0.3 is 0 Å². The largest absolute Gasteiger partial charge is 0.291 e. The van der Waals surface area contributed by atoms with Crippen molar-refractivity contribution in [3.63, 3.8) is 0 Å². The first-order valence-electron chi connectivity index (χ1n) is 7.47. The van der Waals surface area contributed by atoms with E-state index in [9.17, 15) is 4.39 Å². The number of aromatic nitrogens is 2. The standard InChI is InChI=1S/C18H17FN3/c1-12(22-10-13-4-2-3-5-14(13)11-22)8-17-16-7-6-15(19)9-18(16)21-20-17/h2-7,9,12H,1,8,10-11H2,(H,20,21). The van der Waals surface area contributed by atoms with Gasteiger partial charge in [-0.1, -0.05) is 24.3 Å². The van der Waals surface area contributed by atoms with E-state index in [0.29, 0.717) is 0 Å². The van der Waals surface area contributed by atoms with E-state index in [-0.39, 0.29) is 11.9 Å². The van der Waals surface area contributed by atoms with Crippen LogP contribution in [-0.4, -0.2) is 21.1 Å². The predicted molar refractivity (Wildman–Crippen MR) is 84.6 cm³/mol.